The maximum absolute atomic E-state index is 3.74. The molecule has 1 heterocycles. The second-order valence-electron chi connectivity index (χ2n) is 9.26. The van der Waals surface area contributed by atoms with E-state index in [0.29, 0.717) is 11.5 Å². The zero-order valence-electron chi connectivity index (χ0n) is 14.3. The SMILES string of the molecule is CC(C)C1CN(C(C)C23CC4CC(CC(C4)C2)C3)CCN1. The van der Waals surface area contributed by atoms with Crippen LogP contribution in [0.2, 0.25) is 0 Å². The lowest BCUT2D eigenvalue weighted by molar-refractivity contribution is -0.101. The Morgan fingerprint density at radius 1 is 0.952 bits per heavy atom. The zero-order valence-corrected chi connectivity index (χ0v) is 14.3. The first-order valence-corrected chi connectivity index (χ1v) is 9.53. The van der Waals surface area contributed by atoms with Crippen molar-refractivity contribution < 1.29 is 0 Å². The summed E-state index contributed by atoms with van der Waals surface area (Å²) in [5.41, 5.74) is 0.688. The van der Waals surface area contributed by atoms with Crippen LogP contribution in [0, 0.1) is 29.1 Å². The van der Waals surface area contributed by atoms with Gasteiger partial charge < -0.3 is 5.32 Å². The molecule has 0 aromatic rings. The standard InChI is InChI=1S/C19H34N2/c1-13(2)18-12-21(5-4-20-18)14(3)19-9-15-6-16(10-19)8-17(7-15)11-19/h13-18,20H,4-12H2,1-3H3. The molecule has 0 radical (unpaired) electrons. The fourth-order valence-electron chi connectivity index (χ4n) is 6.68. The summed E-state index contributed by atoms with van der Waals surface area (Å²) in [7, 11) is 0. The summed E-state index contributed by atoms with van der Waals surface area (Å²) in [5, 5.41) is 3.74. The molecule has 2 atom stereocenters. The molecule has 5 fully saturated rings. The Morgan fingerprint density at radius 3 is 2.05 bits per heavy atom. The summed E-state index contributed by atoms with van der Waals surface area (Å²) < 4.78 is 0. The van der Waals surface area contributed by atoms with Gasteiger partial charge in [0.05, 0.1) is 0 Å². The molecule has 0 aromatic carbocycles. The number of rotatable bonds is 3. The molecule has 21 heavy (non-hydrogen) atoms. The van der Waals surface area contributed by atoms with E-state index in [1.165, 1.54) is 19.6 Å². The number of piperazine rings is 1. The van der Waals surface area contributed by atoms with Gasteiger partial charge in [-0.25, -0.2) is 0 Å². The second kappa shape index (κ2) is 5.23. The lowest BCUT2D eigenvalue weighted by Gasteiger charge is -2.61. The molecule has 4 aliphatic carbocycles. The van der Waals surface area contributed by atoms with E-state index >= 15 is 0 Å². The minimum Gasteiger partial charge on any atom is -0.311 e. The normalized spacial score (nSPS) is 48.0. The quantitative estimate of drug-likeness (QED) is 0.855. The highest BCUT2D eigenvalue weighted by molar-refractivity contribution is 5.06. The maximum Gasteiger partial charge on any atom is 0.0218 e. The molecule has 2 heteroatoms. The van der Waals surface area contributed by atoms with Crippen LogP contribution in [-0.2, 0) is 0 Å². The Morgan fingerprint density at radius 2 is 1.52 bits per heavy atom. The Kier molecular flexibility index (Phi) is 3.61. The first kappa shape index (κ1) is 14.5. The van der Waals surface area contributed by atoms with Crippen LogP contribution >= 0.6 is 0 Å². The highest BCUT2D eigenvalue weighted by atomic mass is 15.2. The van der Waals surface area contributed by atoms with Crippen molar-refractivity contribution in [1.29, 1.82) is 0 Å². The zero-order chi connectivity index (χ0) is 14.6. The fraction of sp³-hybridized carbons (Fsp3) is 1.00. The van der Waals surface area contributed by atoms with Gasteiger partial charge in [0.1, 0.15) is 0 Å². The molecule has 120 valence electrons. The topological polar surface area (TPSA) is 15.3 Å². The Labute approximate surface area is 131 Å². The van der Waals surface area contributed by atoms with E-state index in [1.807, 2.05) is 0 Å². The Bertz CT molecular complexity index is 354. The third kappa shape index (κ3) is 2.47. The van der Waals surface area contributed by atoms with Crippen molar-refractivity contribution in [3.8, 4) is 0 Å². The lowest BCUT2D eigenvalue weighted by Crippen LogP contribution is -2.61. The van der Waals surface area contributed by atoms with Gasteiger partial charge in [-0.05, 0) is 74.5 Å². The van der Waals surface area contributed by atoms with Crippen molar-refractivity contribution in [2.75, 3.05) is 19.6 Å². The largest absolute Gasteiger partial charge is 0.311 e. The third-order valence-corrected chi connectivity index (χ3v) is 7.56. The molecule has 1 N–H and O–H groups in total. The van der Waals surface area contributed by atoms with Gasteiger partial charge in [0.25, 0.3) is 0 Å². The molecule has 0 aromatic heterocycles. The van der Waals surface area contributed by atoms with E-state index in [0.717, 1.165) is 29.7 Å². The molecule has 5 rings (SSSR count). The lowest BCUT2D eigenvalue weighted by atomic mass is 9.47. The minimum absolute atomic E-state index is 0.688. The van der Waals surface area contributed by atoms with E-state index in [9.17, 15) is 0 Å². The predicted octanol–water partition coefficient (Wildman–Crippen LogP) is 3.52. The van der Waals surface area contributed by atoms with Crippen molar-refractivity contribution in [3.63, 3.8) is 0 Å². The molecule has 4 bridgehead atoms. The van der Waals surface area contributed by atoms with Crippen LogP contribution < -0.4 is 5.32 Å². The predicted molar refractivity (Wildman–Crippen MR) is 88.3 cm³/mol. The smallest absolute Gasteiger partial charge is 0.0218 e. The van der Waals surface area contributed by atoms with Gasteiger partial charge in [-0.1, -0.05) is 13.8 Å². The molecule has 0 spiro atoms. The molecule has 4 saturated carbocycles. The van der Waals surface area contributed by atoms with Gasteiger partial charge in [0.2, 0.25) is 0 Å². The summed E-state index contributed by atoms with van der Waals surface area (Å²) in [5.74, 6) is 4.02. The fourth-order valence-corrected chi connectivity index (χ4v) is 6.68. The number of hydrogen-bond acceptors (Lipinski definition) is 2. The van der Waals surface area contributed by atoms with Crippen LogP contribution in [0.3, 0.4) is 0 Å². The minimum atomic E-state index is 0.688. The summed E-state index contributed by atoms with van der Waals surface area (Å²) in [6.45, 7) is 11.1. The average Bonchev–Trinajstić information content (AvgIpc) is 2.45. The summed E-state index contributed by atoms with van der Waals surface area (Å²) in [4.78, 5) is 2.86. The Hall–Kier alpha value is -0.0800. The van der Waals surface area contributed by atoms with Crippen molar-refractivity contribution in [2.45, 2.75) is 71.4 Å². The summed E-state index contributed by atoms with van der Waals surface area (Å²) in [6.07, 6.45) is 9.37. The molecule has 5 aliphatic rings. The highest BCUT2D eigenvalue weighted by Crippen LogP contribution is 2.61. The van der Waals surface area contributed by atoms with Crippen LogP contribution in [-0.4, -0.2) is 36.6 Å². The van der Waals surface area contributed by atoms with Crippen molar-refractivity contribution in [3.05, 3.63) is 0 Å². The van der Waals surface area contributed by atoms with Crippen LogP contribution in [0.15, 0.2) is 0 Å². The van der Waals surface area contributed by atoms with Gasteiger partial charge in [-0.2, -0.15) is 0 Å². The molecule has 1 aliphatic heterocycles. The number of nitrogens with one attached hydrogen (secondary N) is 1. The number of nitrogens with zero attached hydrogens (tertiary/aromatic N) is 1. The van der Waals surface area contributed by atoms with Crippen molar-refractivity contribution >= 4 is 0 Å². The van der Waals surface area contributed by atoms with Crippen LogP contribution in [0.4, 0.5) is 0 Å². The van der Waals surface area contributed by atoms with Crippen molar-refractivity contribution in [2.24, 2.45) is 29.1 Å². The summed E-state index contributed by atoms with van der Waals surface area (Å²) in [6, 6.07) is 1.52. The molecule has 2 nitrogen and oxygen atoms in total. The number of hydrogen-bond donors (Lipinski definition) is 1. The van der Waals surface area contributed by atoms with Gasteiger partial charge in [0, 0.05) is 31.7 Å². The highest BCUT2D eigenvalue weighted by Gasteiger charge is 2.54. The third-order valence-electron chi connectivity index (χ3n) is 7.56. The van der Waals surface area contributed by atoms with Crippen LogP contribution in [0.1, 0.15) is 59.3 Å². The van der Waals surface area contributed by atoms with Gasteiger partial charge in [-0.3, -0.25) is 4.90 Å². The van der Waals surface area contributed by atoms with Gasteiger partial charge >= 0.3 is 0 Å². The first-order chi connectivity index (χ1) is 10.1. The maximum atomic E-state index is 3.74. The van der Waals surface area contributed by atoms with E-state index in [1.54, 1.807) is 38.5 Å². The van der Waals surface area contributed by atoms with Gasteiger partial charge in [-0.15, -0.1) is 0 Å². The molecular weight excluding hydrogens is 256 g/mol. The first-order valence-electron chi connectivity index (χ1n) is 9.53. The van der Waals surface area contributed by atoms with E-state index in [2.05, 4.69) is 31.0 Å². The Balaban J connectivity index is 1.50. The molecule has 1 saturated heterocycles. The van der Waals surface area contributed by atoms with Gasteiger partial charge in [0.15, 0.2) is 0 Å². The summed E-state index contributed by atoms with van der Waals surface area (Å²) >= 11 is 0. The molecule has 2 unspecified atom stereocenters. The van der Waals surface area contributed by atoms with E-state index in [-0.39, 0.29) is 0 Å². The second-order valence-corrected chi connectivity index (χ2v) is 9.26. The van der Waals surface area contributed by atoms with Crippen LogP contribution in [0.25, 0.3) is 0 Å². The van der Waals surface area contributed by atoms with Crippen molar-refractivity contribution in [1.82, 2.24) is 10.2 Å². The molecule has 0 amide bonds. The van der Waals surface area contributed by atoms with E-state index < -0.39 is 0 Å². The van der Waals surface area contributed by atoms with E-state index in [4.69, 9.17) is 0 Å². The molecular formula is C19H34N2. The average molecular weight is 290 g/mol. The monoisotopic (exact) mass is 290 g/mol. The van der Waals surface area contributed by atoms with Crippen LogP contribution in [0.5, 0.6) is 0 Å².